The van der Waals surface area contributed by atoms with Crippen molar-refractivity contribution in [1.82, 2.24) is 96.0 Å². The molecular formula is C75H87F12N25O16. The molecular weight excluding hydrogens is 1730 g/mol. The number of rotatable bonds is 12. The van der Waals surface area contributed by atoms with E-state index in [1.165, 1.54) is 22.8 Å². The molecule has 0 aromatic carbocycles. The smallest absolute Gasteiger partial charge is 0.475 e. The second-order valence-electron chi connectivity index (χ2n) is 26.4. The maximum absolute atomic E-state index is 13.0. The lowest BCUT2D eigenvalue weighted by atomic mass is 10.4. The first-order chi connectivity index (χ1) is 60.2. The molecule has 0 bridgehead atoms. The summed E-state index contributed by atoms with van der Waals surface area (Å²) in [4.78, 5) is 164. The van der Waals surface area contributed by atoms with E-state index >= 15 is 0 Å². The quantitative estimate of drug-likeness (QED) is 0.0540. The van der Waals surface area contributed by atoms with Crippen molar-refractivity contribution in [2.45, 2.75) is 119 Å². The van der Waals surface area contributed by atoms with E-state index in [4.69, 9.17) is 51.3 Å². The lowest BCUT2D eigenvalue weighted by Crippen LogP contribution is -2.44. The molecule has 0 aliphatic carbocycles. The Morgan fingerprint density at radius 3 is 0.703 bits per heavy atom. The highest BCUT2D eigenvalue weighted by molar-refractivity contribution is 5.79. The number of piperazine rings is 4. The van der Waals surface area contributed by atoms with Crippen molar-refractivity contribution >= 4 is 92.3 Å². The number of aliphatic carboxylic acids is 4. The number of carbonyl (C=O) groups is 4. The van der Waals surface area contributed by atoms with Crippen LogP contribution in [0.5, 0.6) is 0 Å². The van der Waals surface area contributed by atoms with E-state index in [0.29, 0.717) is 101 Å². The van der Waals surface area contributed by atoms with Crippen molar-refractivity contribution < 1.29 is 92.3 Å². The van der Waals surface area contributed by atoms with Crippen molar-refractivity contribution in [3.63, 3.8) is 0 Å². The van der Waals surface area contributed by atoms with Crippen LogP contribution >= 0.6 is 0 Å². The van der Waals surface area contributed by atoms with Gasteiger partial charge < -0.3 is 61.3 Å². The van der Waals surface area contributed by atoms with Gasteiger partial charge in [0.1, 0.15) is 6.54 Å². The largest absolute Gasteiger partial charge is 0.490 e. The fourth-order valence-electron chi connectivity index (χ4n) is 12.1. The highest BCUT2D eigenvalue weighted by Crippen LogP contribution is 2.25. The second kappa shape index (κ2) is 46.5. The summed E-state index contributed by atoms with van der Waals surface area (Å²) in [5, 5.41) is 50.6. The average Bonchev–Trinajstić information content (AvgIpc) is 1.61. The Labute approximate surface area is 715 Å². The molecule has 0 amide bonds. The molecule has 4 saturated heterocycles. The molecule has 41 nitrogen and oxygen atoms in total. The standard InChI is InChI=1S/C18H22N6O2.C17H20N6O2.C16H19N7O2.C16H22N6O2.4C2HF3O2/c1-4-6-10-23-14-15(20-17(23)22-12-8-19-9-13-22)21(3)18(26)24(16(14)25)11-7-5-2;1-4-6-10-22-13-14(19-16(22)21-11-7-18-8-12-21)20(3)17(25)23(9-5-2)15(13)24;1-3-4-8-22-12-13(19-15(22)21-10-6-18-7-11-21)20(2)16(25)23(9-5-17)14(12)24;1-4-6-9-22-12-13(18-15(22)20-10-7-17-8-11-20)19(3)16(24)21(5-2)14(12)23;4*3-2(4,5)1(6)7/h19H,8-13H2,1-3H3;2,18H,7-12H2,1,3H3;18H,6-11H2,1-2H3;17H,5,7-11H2,1-3H3;4*(H,6,7). The van der Waals surface area contributed by atoms with Gasteiger partial charge in [0.05, 0.1) is 45.3 Å². The zero-order valence-corrected chi connectivity index (χ0v) is 70.2. The molecule has 0 saturated carbocycles. The molecule has 0 atom stereocenters. The van der Waals surface area contributed by atoms with Crippen LogP contribution in [0, 0.1) is 82.9 Å². The number of fused-ring (bicyclic) bond motifs is 4. The summed E-state index contributed by atoms with van der Waals surface area (Å²) in [5.41, 5.74) is -0.422. The number of hydrogen-bond acceptors (Lipinski definition) is 25. The third-order valence-corrected chi connectivity index (χ3v) is 18.3. The Morgan fingerprint density at radius 2 is 0.523 bits per heavy atom. The number of carboxylic acids is 4. The highest BCUT2D eigenvalue weighted by Gasteiger charge is 2.41. The third-order valence-electron chi connectivity index (χ3n) is 18.3. The van der Waals surface area contributed by atoms with Gasteiger partial charge in [0.15, 0.2) is 44.7 Å². The fourth-order valence-corrected chi connectivity index (χ4v) is 12.1. The van der Waals surface area contributed by atoms with E-state index in [-0.39, 0.29) is 36.4 Å². The molecule has 8 aromatic heterocycles. The van der Waals surface area contributed by atoms with Gasteiger partial charge in [0.2, 0.25) is 23.8 Å². The summed E-state index contributed by atoms with van der Waals surface area (Å²) in [6.07, 6.45) is -15.0. The Bertz CT molecular complexity index is 6090. The normalized spacial score (nSPS) is 13.6. The lowest BCUT2D eigenvalue weighted by Gasteiger charge is -2.28. The summed E-state index contributed by atoms with van der Waals surface area (Å²) in [6.45, 7) is 24.8. The molecule has 8 N–H and O–H groups in total. The van der Waals surface area contributed by atoms with Crippen LogP contribution in [0.2, 0.25) is 0 Å². The van der Waals surface area contributed by atoms with Crippen LogP contribution in [0.1, 0.15) is 41.5 Å². The summed E-state index contributed by atoms with van der Waals surface area (Å²) in [7, 11) is 6.44. The van der Waals surface area contributed by atoms with E-state index < -0.39 is 76.8 Å². The zero-order valence-electron chi connectivity index (χ0n) is 70.2. The number of terminal acetylenes is 1. The van der Waals surface area contributed by atoms with E-state index in [2.05, 4.69) is 126 Å². The molecule has 0 spiro atoms. The van der Waals surface area contributed by atoms with Crippen molar-refractivity contribution in [2.24, 2.45) is 28.2 Å². The summed E-state index contributed by atoms with van der Waals surface area (Å²) < 4.78 is 144. The number of nitrogens with zero attached hydrogens (tertiary/aromatic N) is 21. The lowest BCUT2D eigenvalue weighted by molar-refractivity contribution is -0.193. The Balaban J connectivity index is 0.000000274. The fraction of sp³-hybridized carbons (Fsp3) is 0.507. The zero-order chi connectivity index (χ0) is 96.2. The molecule has 4 aliphatic rings. The van der Waals surface area contributed by atoms with E-state index in [9.17, 15) is 91.0 Å². The first-order valence-corrected chi connectivity index (χ1v) is 37.8. The van der Waals surface area contributed by atoms with Crippen LogP contribution in [-0.2, 0) is 99.7 Å². The molecule has 8 aromatic rings. The number of nitrogens with one attached hydrogen (secondary N) is 4. The van der Waals surface area contributed by atoms with Gasteiger partial charge in [-0.25, -0.2) is 52.1 Å². The van der Waals surface area contributed by atoms with Gasteiger partial charge in [-0.05, 0) is 41.5 Å². The molecule has 0 unspecified atom stereocenters. The third kappa shape index (κ3) is 25.9. The van der Waals surface area contributed by atoms with E-state index in [0.717, 1.165) is 118 Å². The number of aromatic nitrogens is 16. The van der Waals surface area contributed by atoms with Crippen LogP contribution in [0.4, 0.5) is 76.5 Å². The molecule has 0 radical (unpaired) electrons. The van der Waals surface area contributed by atoms with Crippen LogP contribution in [0.3, 0.4) is 0 Å². The molecule has 12 rings (SSSR count). The van der Waals surface area contributed by atoms with Crippen LogP contribution in [0.25, 0.3) is 44.7 Å². The Hall–Kier alpha value is -14.5. The number of halogens is 12. The maximum Gasteiger partial charge on any atom is 0.490 e. The van der Waals surface area contributed by atoms with Crippen molar-refractivity contribution in [2.75, 3.05) is 124 Å². The molecule has 692 valence electrons. The SMILES string of the molecule is C#CCn1c(=O)c2c(nc(N3CCNCC3)n2CC#CC)n(C)c1=O.CC#CCn1c(=O)c2c(nc(N3CCNCC3)n2CC#CC)n(C)c1=O.CC#CCn1c(N2CCNCC2)nc2c1c(=O)n(CC#N)c(=O)n2C.CC#CCn1c(N2CCNCC2)nc2c1c(=O)n(CC)c(=O)n2C.O=C(O)C(F)(F)F.O=C(O)C(F)(F)F.O=C(O)C(F)(F)F.O=C(O)C(F)(F)F. The molecule has 4 aliphatic heterocycles. The number of hydrogen-bond donors (Lipinski definition) is 8. The summed E-state index contributed by atoms with van der Waals surface area (Å²) >= 11 is 0. The number of aryl methyl sites for hydroxylation is 4. The Kier molecular flexibility index (Phi) is 37.8. The monoisotopic (exact) mass is 1820 g/mol. The minimum absolute atomic E-state index is 0.0611. The number of nitriles is 1. The first kappa shape index (κ1) is 104. The topological polar surface area (TPSA) is 481 Å². The minimum Gasteiger partial charge on any atom is -0.475 e. The van der Waals surface area contributed by atoms with Gasteiger partial charge in [-0.3, -0.25) is 60.3 Å². The van der Waals surface area contributed by atoms with Gasteiger partial charge in [-0.1, -0.05) is 35.5 Å². The highest BCUT2D eigenvalue weighted by atomic mass is 19.4. The minimum atomic E-state index is -5.08. The van der Waals surface area contributed by atoms with Gasteiger partial charge in [0.25, 0.3) is 22.2 Å². The number of anilines is 4. The predicted molar refractivity (Wildman–Crippen MR) is 439 cm³/mol. The van der Waals surface area contributed by atoms with Crippen LogP contribution < -0.4 is 85.9 Å². The maximum atomic E-state index is 13.0. The van der Waals surface area contributed by atoms with E-state index in [1.54, 1.807) is 78.9 Å². The second-order valence-corrected chi connectivity index (χ2v) is 26.4. The number of alkyl halides is 12. The van der Waals surface area contributed by atoms with Gasteiger partial charge in [-0.15, -0.1) is 36.0 Å². The summed E-state index contributed by atoms with van der Waals surface area (Å²) in [6, 6.07) is 1.86. The van der Waals surface area contributed by atoms with Gasteiger partial charge >= 0.3 is 71.3 Å². The molecule has 53 heteroatoms. The first-order valence-electron chi connectivity index (χ1n) is 37.8. The van der Waals surface area contributed by atoms with Gasteiger partial charge in [-0.2, -0.15) is 77.9 Å². The average molecular weight is 1820 g/mol. The molecule has 128 heavy (non-hydrogen) atoms. The van der Waals surface area contributed by atoms with Crippen molar-refractivity contribution in [3.05, 3.63) is 83.4 Å². The van der Waals surface area contributed by atoms with Crippen LogP contribution in [0.15, 0.2) is 38.4 Å². The molecule has 4 fully saturated rings. The van der Waals surface area contributed by atoms with Gasteiger partial charge in [0, 0.05) is 139 Å². The summed E-state index contributed by atoms with van der Waals surface area (Å²) in [5.74, 6) is 22.9. The number of carboxylic acid groups (broad SMARTS) is 4. The Morgan fingerprint density at radius 1 is 0.344 bits per heavy atom. The van der Waals surface area contributed by atoms with Crippen molar-refractivity contribution in [1.29, 1.82) is 5.26 Å². The van der Waals surface area contributed by atoms with Crippen LogP contribution in [-0.4, -0.2) is 248 Å². The van der Waals surface area contributed by atoms with Crippen molar-refractivity contribution in [3.8, 4) is 77.6 Å². The number of imidazole rings is 4. The molecule has 12 heterocycles. The van der Waals surface area contributed by atoms with E-state index in [1.807, 2.05) is 15.2 Å². The predicted octanol–water partition coefficient (Wildman–Crippen LogP) is -0.948.